The Labute approximate surface area is 145 Å². The summed E-state index contributed by atoms with van der Waals surface area (Å²) in [7, 11) is 0. The molecule has 0 fully saturated rings. The van der Waals surface area contributed by atoms with Gasteiger partial charge in [0, 0.05) is 16.5 Å². The molecular formula is C19H18N2O2S. The Hall–Kier alpha value is -2.16. The second-order valence-corrected chi connectivity index (χ2v) is 7.27. The predicted octanol–water partition coefficient (Wildman–Crippen LogP) is 4.45. The van der Waals surface area contributed by atoms with E-state index in [0.29, 0.717) is 24.0 Å². The fourth-order valence-corrected chi connectivity index (χ4v) is 4.00. The van der Waals surface area contributed by atoms with E-state index in [2.05, 4.69) is 12.1 Å². The van der Waals surface area contributed by atoms with Gasteiger partial charge in [0.05, 0.1) is 18.9 Å². The molecule has 5 heteroatoms. The number of aromatic nitrogens is 1. The van der Waals surface area contributed by atoms with Crippen molar-refractivity contribution in [2.75, 3.05) is 6.61 Å². The molecule has 0 atom stereocenters. The van der Waals surface area contributed by atoms with Gasteiger partial charge in [-0.2, -0.15) is 5.26 Å². The number of nitriles is 1. The number of rotatable bonds is 3. The molecule has 1 aliphatic carbocycles. The highest BCUT2D eigenvalue weighted by molar-refractivity contribution is 7.12. The van der Waals surface area contributed by atoms with Gasteiger partial charge in [0.2, 0.25) is 5.88 Å². The van der Waals surface area contributed by atoms with Crippen LogP contribution in [0.1, 0.15) is 46.7 Å². The van der Waals surface area contributed by atoms with Gasteiger partial charge in [0.25, 0.3) is 0 Å². The van der Waals surface area contributed by atoms with Crippen molar-refractivity contribution in [3.8, 4) is 11.9 Å². The number of ether oxygens (including phenoxy) is 2. The van der Waals surface area contributed by atoms with Crippen molar-refractivity contribution in [3.05, 3.63) is 50.9 Å². The lowest BCUT2D eigenvalue weighted by Gasteiger charge is -2.18. The predicted molar refractivity (Wildman–Crippen MR) is 92.6 cm³/mol. The Balaban J connectivity index is 1.58. The monoisotopic (exact) mass is 338 g/mol. The first-order valence-electron chi connectivity index (χ1n) is 8.24. The maximum absolute atomic E-state index is 8.90. The van der Waals surface area contributed by atoms with Gasteiger partial charge in [-0.15, -0.1) is 11.3 Å². The van der Waals surface area contributed by atoms with Crippen LogP contribution in [-0.2, 0) is 18.0 Å². The van der Waals surface area contributed by atoms with E-state index in [4.69, 9.17) is 19.7 Å². The van der Waals surface area contributed by atoms with Gasteiger partial charge in [0.15, 0.2) is 0 Å². The van der Waals surface area contributed by atoms with E-state index in [9.17, 15) is 0 Å². The number of nitrogens with zero attached hydrogens (tertiary/aromatic N) is 2. The normalized spacial score (nSPS) is 16.8. The van der Waals surface area contributed by atoms with Crippen molar-refractivity contribution in [1.82, 2.24) is 4.98 Å². The molecule has 0 spiro atoms. The van der Waals surface area contributed by atoms with Crippen molar-refractivity contribution in [1.29, 1.82) is 5.26 Å². The summed E-state index contributed by atoms with van der Waals surface area (Å²) >= 11 is 1.46. The standard InChI is InChI=1S/C19H18N2O2S/c20-9-15-6-7-16(24-15)12-23-18-8-5-14-11-22-10-13-3-1-2-4-17(13)19(14)21-18/h5-8H,1-4,10-12H2. The molecule has 4 rings (SSSR count). The lowest BCUT2D eigenvalue weighted by Crippen LogP contribution is -2.05. The molecule has 0 aromatic carbocycles. The lowest BCUT2D eigenvalue weighted by atomic mass is 9.89. The van der Waals surface area contributed by atoms with Crippen molar-refractivity contribution in [2.24, 2.45) is 0 Å². The summed E-state index contributed by atoms with van der Waals surface area (Å²) in [5, 5.41) is 8.90. The summed E-state index contributed by atoms with van der Waals surface area (Å²) in [5.41, 5.74) is 4.98. The summed E-state index contributed by atoms with van der Waals surface area (Å²) in [4.78, 5) is 6.52. The van der Waals surface area contributed by atoms with Crippen molar-refractivity contribution in [3.63, 3.8) is 0 Å². The van der Waals surface area contributed by atoms with Crippen molar-refractivity contribution < 1.29 is 9.47 Å². The van der Waals surface area contributed by atoms with Gasteiger partial charge in [-0.25, -0.2) is 4.98 Å². The molecule has 0 saturated carbocycles. The summed E-state index contributed by atoms with van der Waals surface area (Å²) < 4.78 is 11.7. The Bertz CT molecular complexity index is 832. The van der Waals surface area contributed by atoms with Crippen LogP contribution in [0.25, 0.3) is 5.57 Å². The molecular weight excluding hydrogens is 320 g/mol. The van der Waals surface area contributed by atoms with E-state index in [1.807, 2.05) is 18.2 Å². The maximum atomic E-state index is 8.90. The van der Waals surface area contributed by atoms with Gasteiger partial charge < -0.3 is 9.47 Å². The maximum Gasteiger partial charge on any atom is 0.214 e. The van der Waals surface area contributed by atoms with Crippen molar-refractivity contribution >= 4 is 16.9 Å². The van der Waals surface area contributed by atoms with Crippen LogP contribution in [0.5, 0.6) is 5.88 Å². The van der Waals surface area contributed by atoms with Gasteiger partial charge >= 0.3 is 0 Å². The average Bonchev–Trinajstić information content (AvgIpc) is 3.01. The molecule has 0 unspecified atom stereocenters. The summed E-state index contributed by atoms with van der Waals surface area (Å²) in [6.07, 6.45) is 4.66. The van der Waals surface area contributed by atoms with Crippen LogP contribution in [0.2, 0.25) is 0 Å². The van der Waals surface area contributed by atoms with Crippen LogP contribution < -0.4 is 4.74 Å². The molecule has 2 aromatic heterocycles. The molecule has 24 heavy (non-hydrogen) atoms. The molecule has 2 aliphatic rings. The van der Waals surface area contributed by atoms with E-state index >= 15 is 0 Å². The Morgan fingerprint density at radius 1 is 1.17 bits per heavy atom. The zero-order valence-corrected chi connectivity index (χ0v) is 14.2. The smallest absolute Gasteiger partial charge is 0.214 e. The van der Waals surface area contributed by atoms with Crippen LogP contribution in [0, 0.1) is 11.3 Å². The van der Waals surface area contributed by atoms with Crippen LogP contribution in [0.4, 0.5) is 0 Å². The number of pyridine rings is 1. The van der Waals surface area contributed by atoms with E-state index in [0.717, 1.165) is 35.6 Å². The quantitative estimate of drug-likeness (QED) is 0.829. The van der Waals surface area contributed by atoms with Gasteiger partial charge in [0.1, 0.15) is 17.6 Å². The minimum atomic E-state index is 0.445. The van der Waals surface area contributed by atoms with Crippen LogP contribution in [0.3, 0.4) is 0 Å². The fourth-order valence-electron chi connectivity index (χ4n) is 3.29. The second-order valence-electron chi connectivity index (χ2n) is 6.11. The lowest BCUT2D eigenvalue weighted by molar-refractivity contribution is 0.142. The summed E-state index contributed by atoms with van der Waals surface area (Å²) in [6.45, 7) is 1.79. The van der Waals surface area contributed by atoms with Gasteiger partial charge in [-0.3, -0.25) is 0 Å². The molecule has 3 heterocycles. The van der Waals surface area contributed by atoms with Gasteiger partial charge in [-0.1, -0.05) is 0 Å². The first-order valence-corrected chi connectivity index (χ1v) is 9.05. The third-order valence-electron chi connectivity index (χ3n) is 4.49. The molecule has 0 saturated heterocycles. The number of allylic oxidation sites excluding steroid dienone is 1. The number of hydrogen-bond donors (Lipinski definition) is 0. The molecule has 4 nitrogen and oxygen atoms in total. The highest BCUT2D eigenvalue weighted by atomic mass is 32.1. The number of hydrogen-bond acceptors (Lipinski definition) is 5. The van der Waals surface area contributed by atoms with Crippen LogP contribution >= 0.6 is 11.3 Å². The zero-order chi connectivity index (χ0) is 16.4. The topological polar surface area (TPSA) is 55.1 Å². The third kappa shape index (κ3) is 3.08. The van der Waals surface area contributed by atoms with Crippen molar-refractivity contribution in [2.45, 2.75) is 38.9 Å². The Morgan fingerprint density at radius 3 is 2.96 bits per heavy atom. The fraction of sp³-hybridized carbons (Fsp3) is 0.368. The third-order valence-corrected chi connectivity index (χ3v) is 5.45. The number of thiophene rings is 1. The zero-order valence-electron chi connectivity index (χ0n) is 13.4. The molecule has 0 N–H and O–H groups in total. The largest absolute Gasteiger partial charge is 0.472 e. The Kier molecular flexibility index (Phi) is 4.33. The van der Waals surface area contributed by atoms with Crippen LogP contribution in [0.15, 0.2) is 29.8 Å². The van der Waals surface area contributed by atoms with E-state index in [1.165, 1.54) is 35.3 Å². The summed E-state index contributed by atoms with van der Waals surface area (Å²) in [6, 6.07) is 9.89. The molecule has 0 amide bonds. The van der Waals surface area contributed by atoms with Gasteiger partial charge in [-0.05, 0) is 55.0 Å². The van der Waals surface area contributed by atoms with Crippen LogP contribution in [-0.4, -0.2) is 11.6 Å². The average molecular weight is 338 g/mol. The summed E-state index contributed by atoms with van der Waals surface area (Å²) in [5.74, 6) is 0.639. The second kappa shape index (κ2) is 6.76. The highest BCUT2D eigenvalue weighted by Crippen LogP contribution is 2.36. The minimum absolute atomic E-state index is 0.445. The van der Waals surface area contributed by atoms with E-state index in [-0.39, 0.29) is 0 Å². The Morgan fingerprint density at radius 2 is 2.08 bits per heavy atom. The van der Waals surface area contributed by atoms with E-state index < -0.39 is 0 Å². The molecule has 1 aliphatic heterocycles. The molecule has 0 radical (unpaired) electrons. The first kappa shape index (κ1) is 15.4. The SMILES string of the molecule is N#Cc1ccc(COc2ccc3c(n2)C2=C(CCCC2)COC3)s1. The molecule has 122 valence electrons. The first-order chi connectivity index (χ1) is 11.8. The number of fused-ring (bicyclic) bond motifs is 2. The molecule has 0 bridgehead atoms. The van der Waals surface area contributed by atoms with E-state index in [1.54, 1.807) is 0 Å². The molecule has 2 aromatic rings. The minimum Gasteiger partial charge on any atom is -0.472 e. The highest BCUT2D eigenvalue weighted by Gasteiger charge is 2.22.